The molecule has 6 rings (SSSR count). The summed E-state index contributed by atoms with van der Waals surface area (Å²) in [6.07, 6.45) is 15.0. The Bertz CT molecular complexity index is 1860. The highest BCUT2D eigenvalue weighted by atomic mass is 16.7. The van der Waals surface area contributed by atoms with Crippen molar-refractivity contribution in [2.45, 2.75) is 115 Å². The molecule has 0 aromatic heterocycles. The molecule has 0 bridgehead atoms. The lowest BCUT2D eigenvalue weighted by Gasteiger charge is -2.60. The van der Waals surface area contributed by atoms with Gasteiger partial charge in [-0.1, -0.05) is 62.8 Å². The molecule has 0 radical (unpaired) electrons. The third kappa shape index (κ3) is 10.4. The van der Waals surface area contributed by atoms with Gasteiger partial charge in [-0.25, -0.2) is 4.79 Å². The number of oxime groups is 1. The van der Waals surface area contributed by atoms with Crippen molar-refractivity contribution in [3.05, 3.63) is 66.3 Å². The van der Waals surface area contributed by atoms with Crippen molar-refractivity contribution in [1.29, 1.82) is 0 Å². The van der Waals surface area contributed by atoms with Gasteiger partial charge in [-0.05, 0) is 92.2 Å². The molecule has 0 spiro atoms. The molecule has 0 unspecified atom stereocenters. The van der Waals surface area contributed by atoms with Gasteiger partial charge < -0.3 is 43.6 Å². The van der Waals surface area contributed by atoms with Gasteiger partial charge in [-0.15, -0.1) is 6.58 Å². The number of anilines is 1. The van der Waals surface area contributed by atoms with Crippen LogP contribution in [-0.4, -0.2) is 92.3 Å². The van der Waals surface area contributed by atoms with Crippen molar-refractivity contribution in [2.24, 2.45) is 28.8 Å². The van der Waals surface area contributed by atoms with Crippen LogP contribution in [0.4, 0.5) is 10.5 Å². The number of carbonyl (C=O) groups is 2. The fourth-order valence-electron chi connectivity index (χ4n) is 10.4. The van der Waals surface area contributed by atoms with Crippen molar-refractivity contribution in [1.82, 2.24) is 4.90 Å². The van der Waals surface area contributed by atoms with E-state index in [1.165, 1.54) is 32.8 Å². The number of methoxy groups -OCH3 is 2. The molecular weight excluding hydrogens is 779 g/mol. The Balaban J connectivity index is 1.48. The number of fused-ring (bicyclic) bond motifs is 2. The summed E-state index contributed by atoms with van der Waals surface area (Å²) < 4.78 is 31.2. The van der Waals surface area contributed by atoms with Crippen LogP contribution in [0.3, 0.4) is 0 Å². The van der Waals surface area contributed by atoms with E-state index in [0.717, 1.165) is 55.4 Å². The minimum absolute atomic E-state index is 0.0289. The summed E-state index contributed by atoms with van der Waals surface area (Å²) >= 11 is 0. The number of hydrogen-bond donors (Lipinski definition) is 3. The fourth-order valence-corrected chi connectivity index (χ4v) is 10.4. The predicted octanol–water partition coefficient (Wildman–Crippen LogP) is 8.79. The molecule has 2 amide bonds. The van der Waals surface area contributed by atoms with Crippen LogP contribution in [0, 0.1) is 23.7 Å². The maximum atomic E-state index is 14.6. The molecule has 2 fully saturated rings. The highest BCUT2D eigenvalue weighted by Crippen LogP contribution is 2.62. The normalized spacial score (nSPS) is 24.8. The molecule has 2 aromatic carbocycles. The Hall–Kier alpha value is -4.59. The summed E-state index contributed by atoms with van der Waals surface area (Å²) in [5.74, 6) is 0.611. The Labute approximate surface area is 361 Å². The molecule has 334 valence electrons. The average Bonchev–Trinajstić information content (AvgIpc) is 3.80. The topological polar surface area (TPSA) is 158 Å². The standard InChI is InChI=1S/C48H67N3O10/c1-6-24-51(44(54)23-18-32-14-8-9-15-32)43-31-40(50-58-5)37-28-33(16-10-12-25-52)36(17-11-13-26-53)45-38-29-35(20-22-41(38)61-48(43,46(37)45)59-27-7-2)60-47(55)49-39-21-19-34(56-3)30-42(39)57-4/h7,19-22,28-30,32-33,36,43,45-46,52-53H,2,6,8-18,23-27,31H2,1,3-5H3,(H,49,55)/t33-,36+,43-,45+,46+,48+/m0/s1. The van der Waals surface area contributed by atoms with Gasteiger partial charge in [0.05, 0.1) is 38.1 Å². The number of ether oxygens (including phenoxy) is 5. The highest BCUT2D eigenvalue weighted by molar-refractivity contribution is 6.03. The Morgan fingerprint density at radius 1 is 0.984 bits per heavy atom. The lowest BCUT2D eigenvalue weighted by molar-refractivity contribution is -0.257. The smallest absolute Gasteiger partial charge is 0.417 e. The lowest BCUT2D eigenvalue weighted by Crippen LogP contribution is -2.70. The van der Waals surface area contributed by atoms with Crippen LogP contribution in [0.15, 0.2) is 65.9 Å². The van der Waals surface area contributed by atoms with E-state index in [1.54, 1.807) is 44.6 Å². The van der Waals surface area contributed by atoms with E-state index in [2.05, 4.69) is 30.1 Å². The number of hydrogen-bond acceptors (Lipinski definition) is 11. The van der Waals surface area contributed by atoms with Gasteiger partial charge in [0.15, 0.2) is 0 Å². The summed E-state index contributed by atoms with van der Waals surface area (Å²) in [5.41, 5.74) is 2.98. The molecule has 3 N–H and O–H groups in total. The first-order valence-corrected chi connectivity index (χ1v) is 22.4. The SMILES string of the molecule is C=CCO[C@@]12Oc3ccc(OC(=O)Nc4ccc(OC)cc4OC)cc3[C@H]3[C@H](CCCCO)[C@@H](CCCCO)C=C(C(=NOC)C[C@@H]1N(CCC)C(=O)CCC1CCCC1)[C@H]32. The quantitative estimate of drug-likeness (QED) is 0.0595. The van der Waals surface area contributed by atoms with E-state index < -0.39 is 23.8 Å². The minimum atomic E-state index is -1.33. The van der Waals surface area contributed by atoms with Crippen molar-refractivity contribution < 1.29 is 48.3 Å². The third-order valence-corrected chi connectivity index (χ3v) is 13.1. The fraction of sp³-hybridized carbons (Fsp3) is 0.604. The largest absolute Gasteiger partial charge is 0.497 e. The molecule has 1 heterocycles. The van der Waals surface area contributed by atoms with E-state index in [-0.39, 0.29) is 43.5 Å². The summed E-state index contributed by atoms with van der Waals surface area (Å²) in [4.78, 5) is 35.7. The molecule has 2 aromatic rings. The molecule has 13 heteroatoms. The lowest BCUT2D eigenvalue weighted by atomic mass is 9.55. The first kappa shape index (κ1) is 45.9. The number of nitrogens with zero attached hydrogens (tertiary/aromatic N) is 2. The van der Waals surface area contributed by atoms with Crippen molar-refractivity contribution in [3.63, 3.8) is 0 Å². The zero-order chi connectivity index (χ0) is 43.4. The summed E-state index contributed by atoms with van der Waals surface area (Å²) in [7, 11) is 4.62. The number of aliphatic hydroxyl groups excluding tert-OH is 2. The number of rotatable bonds is 22. The van der Waals surface area contributed by atoms with Crippen LogP contribution >= 0.6 is 0 Å². The molecule has 61 heavy (non-hydrogen) atoms. The maximum Gasteiger partial charge on any atom is 0.417 e. The second kappa shape index (κ2) is 22.0. The Morgan fingerprint density at radius 2 is 1.74 bits per heavy atom. The zero-order valence-electron chi connectivity index (χ0n) is 36.6. The van der Waals surface area contributed by atoms with Crippen molar-refractivity contribution >= 4 is 23.4 Å². The first-order valence-electron chi connectivity index (χ1n) is 22.4. The number of carbonyl (C=O) groups excluding carboxylic acids is 2. The predicted molar refractivity (Wildman–Crippen MR) is 234 cm³/mol. The van der Waals surface area contributed by atoms with Crippen LogP contribution in [0.2, 0.25) is 0 Å². The molecule has 0 saturated heterocycles. The minimum Gasteiger partial charge on any atom is -0.497 e. The van der Waals surface area contributed by atoms with Crippen LogP contribution in [0.1, 0.15) is 108 Å². The van der Waals surface area contributed by atoms with Gasteiger partial charge >= 0.3 is 6.09 Å². The van der Waals surface area contributed by atoms with Crippen LogP contribution in [0.5, 0.6) is 23.0 Å². The number of unbranched alkanes of at least 4 members (excludes halogenated alkanes) is 2. The van der Waals surface area contributed by atoms with Gasteiger partial charge in [0.1, 0.15) is 36.1 Å². The van der Waals surface area contributed by atoms with E-state index >= 15 is 0 Å². The van der Waals surface area contributed by atoms with Crippen LogP contribution in [0.25, 0.3) is 0 Å². The number of amides is 2. The summed E-state index contributed by atoms with van der Waals surface area (Å²) in [5, 5.41) is 27.3. The third-order valence-electron chi connectivity index (χ3n) is 13.1. The van der Waals surface area contributed by atoms with Crippen molar-refractivity contribution in [2.75, 3.05) is 53.0 Å². The monoisotopic (exact) mass is 845 g/mol. The first-order chi connectivity index (χ1) is 29.7. The average molecular weight is 846 g/mol. The molecule has 3 aliphatic carbocycles. The second-order valence-electron chi connectivity index (χ2n) is 16.8. The van der Waals surface area contributed by atoms with E-state index in [0.29, 0.717) is 66.8 Å². The molecule has 4 aliphatic rings. The summed E-state index contributed by atoms with van der Waals surface area (Å²) in [6.45, 7) is 7.00. The molecule has 1 aliphatic heterocycles. The molecular formula is C48H67N3O10. The molecule has 2 saturated carbocycles. The number of aliphatic hydroxyl groups is 2. The van der Waals surface area contributed by atoms with Gasteiger partial charge in [0.2, 0.25) is 11.7 Å². The van der Waals surface area contributed by atoms with Crippen molar-refractivity contribution in [3.8, 4) is 23.0 Å². The summed E-state index contributed by atoms with van der Waals surface area (Å²) in [6, 6.07) is 9.98. The molecule has 6 atom stereocenters. The maximum absolute atomic E-state index is 14.6. The van der Waals surface area contributed by atoms with E-state index in [9.17, 15) is 19.8 Å². The van der Waals surface area contributed by atoms with E-state index in [4.69, 9.17) is 28.5 Å². The van der Waals surface area contributed by atoms with Gasteiger partial charge in [-0.2, -0.15) is 0 Å². The highest BCUT2D eigenvalue weighted by Gasteiger charge is 2.65. The molecule has 13 nitrogen and oxygen atoms in total. The number of allylic oxidation sites excluding steroid dienone is 1. The second-order valence-corrected chi connectivity index (χ2v) is 16.8. The van der Waals surface area contributed by atoms with Gasteiger partial charge in [0.25, 0.3) is 0 Å². The van der Waals surface area contributed by atoms with Crippen LogP contribution in [-0.2, 0) is 14.4 Å². The van der Waals surface area contributed by atoms with Gasteiger partial charge in [0, 0.05) is 50.1 Å². The van der Waals surface area contributed by atoms with Gasteiger partial charge in [-0.3, -0.25) is 10.1 Å². The Morgan fingerprint density at radius 3 is 2.43 bits per heavy atom. The van der Waals surface area contributed by atoms with Crippen LogP contribution < -0.4 is 24.3 Å². The number of benzene rings is 2. The number of nitrogens with one attached hydrogen (secondary N) is 1. The van der Waals surface area contributed by atoms with E-state index in [1.807, 2.05) is 17.0 Å². The Kier molecular flexibility index (Phi) is 16.5. The zero-order valence-corrected chi connectivity index (χ0v) is 36.6.